The maximum Gasteiger partial charge on any atom is 0.338 e. The molecule has 248 valence electrons. The van der Waals surface area contributed by atoms with Crippen LogP contribution in [0.3, 0.4) is 0 Å². The zero-order valence-corrected chi connectivity index (χ0v) is 27.6. The number of carbonyl (C=O) groups excluding carboxylic acids is 2. The van der Waals surface area contributed by atoms with Gasteiger partial charge in [0, 0.05) is 29.7 Å². The molecule has 2 bridgehead atoms. The summed E-state index contributed by atoms with van der Waals surface area (Å²) in [6.45, 7) is 9.68. The van der Waals surface area contributed by atoms with Gasteiger partial charge in [-0.3, -0.25) is 4.79 Å². The van der Waals surface area contributed by atoms with Crippen LogP contribution in [0.1, 0.15) is 88.9 Å². The second-order valence-corrected chi connectivity index (χ2v) is 14.3. The molecule has 2 aromatic rings. The lowest BCUT2D eigenvalue weighted by Crippen LogP contribution is -2.79. The van der Waals surface area contributed by atoms with Crippen molar-refractivity contribution < 1.29 is 43.5 Å². The van der Waals surface area contributed by atoms with Crippen LogP contribution in [-0.4, -0.2) is 65.4 Å². The Hall–Kier alpha value is -3.24. The molecule has 2 saturated carbocycles. The fourth-order valence-electron chi connectivity index (χ4n) is 8.96. The fraction of sp³-hybridized carbons (Fsp3) is 0.568. The molecule has 9 heteroatoms. The molecule has 9 nitrogen and oxygen atoms in total. The van der Waals surface area contributed by atoms with Crippen LogP contribution < -0.4 is 4.74 Å². The summed E-state index contributed by atoms with van der Waals surface area (Å²) in [5.41, 5.74) is -1.02. The number of rotatable bonds is 7. The number of aliphatic hydroxyl groups is 2. The van der Waals surface area contributed by atoms with Crippen molar-refractivity contribution in [2.45, 2.75) is 103 Å². The zero-order valence-electron chi connectivity index (χ0n) is 27.6. The summed E-state index contributed by atoms with van der Waals surface area (Å²) in [4.78, 5) is 26.7. The number of hydrogen-bond donors (Lipinski definition) is 2. The monoisotopic (exact) mass is 634 g/mol. The van der Waals surface area contributed by atoms with Crippen molar-refractivity contribution in [2.75, 3.05) is 13.7 Å². The first-order valence-electron chi connectivity index (χ1n) is 16.2. The third-order valence-electron chi connectivity index (χ3n) is 11.6. The molecule has 0 spiro atoms. The molecule has 2 aromatic carbocycles. The maximum atomic E-state index is 13.9. The molecule has 8 atom stereocenters. The van der Waals surface area contributed by atoms with E-state index in [-0.39, 0.29) is 6.61 Å². The fourth-order valence-corrected chi connectivity index (χ4v) is 8.96. The molecule has 3 fully saturated rings. The average Bonchev–Trinajstić information content (AvgIpc) is 3.02. The molecule has 3 aliphatic carbocycles. The third kappa shape index (κ3) is 5.07. The quantitative estimate of drug-likeness (QED) is 0.225. The third-order valence-corrected chi connectivity index (χ3v) is 11.6. The summed E-state index contributed by atoms with van der Waals surface area (Å²) >= 11 is 0. The van der Waals surface area contributed by atoms with Gasteiger partial charge in [-0.25, -0.2) is 4.79 Å². The molecule has 0 aromatic heterocycles. The average molecular weight is 635 g/mol. The van der Waals surface area contributed by atoms with Gasteiger partial charge in [-0.05, 0) is 56.9 Å². The first-order chi connectivity index (χ1) is 21.8. The van der Waals surface area contributed by atoms with E-state index in [2.05, 4.69) is 13.8 Å². The minimum Gasteiger partial charge on any atom is -0.497 e. The first kappa shape index (κ1) is 32.7. The Balaban J connectivity index is 1.50. The molecular formula is C37H46O9. The molecule has 4 unspecified atom stereocenters. The number of carbonyl (C=O) groups is 2. The van der Waals surface area contributed by atoms with Gasteiger partial charge in [0.1, 0.15) is 23.6 Å². The zero-order chi connectivity index (χ0) is 33.1. The van der Waals surface area contributed by atoms with Gasteiger partial charge in [-0.1, -0.05) is 62.2 Å². The minimum atomic E-state index is -1.51. The normalized spacial score (nSPS) is 35.3. The number of aliphatic hydroxyl groups excluding tert-OH is 1. The second kappa shape index (κ2) is 11.8. The largest absolute Gasteiger partial charge is 0.497 e. The Bertz CT molecular complexity index is 1500. The maximum absolute atomic E-state index is 13.9. The van der Waals surface area contributed by atoms with Gasteiger partial charge in [0.15, 0.2) is 11.9 Å². The number of methoxy groups -OCH3 is 1. The van der Waals surface area contributed by atoms with Crippen molar-refractivity contribution in [1.82, 2.24) is 0 Å². The summed E-state index contributed by atoms with van der Waals surface area (Å²) in [6.07, 6.45) is -0.978. The van der Waals surface area contributed by atoms with E-state index in [0.29, 0.717) is 49.0 Å². The molecule has 6 rings (SSSR count). The Labute approximate surface area is 270 Å². The van der Waals surface area contributed by atoms with Crippen molar-refractivity contribution >= 4 is 11.9 Å². The number of benzene rings is 2. The highest BCUT2D eigenvalue weighted by molar-refractivity contribution is 5.89. The molecule has 4 aliphatic rings. The molecule has 0 radical (unpaired) electrons. The predicted octanol–water partition coefficient (Wildman–Crippen LogP) is 5.69. The van der Waals surface area contributed by atoms with E-state index < -0.39 is 64.5 Å². The van der Waals surface area contributed by atoms with E-state index in [9.17, 15) is 19.8 Å². The Morgan fingerprint density at radius 2 is 1.70 bits per heavy atom. The van der Waals surface area contributed by atoms with Crippen molar-refractivity contribution in [3.63, 3.8) is 0 Å². The summed E-state index contributed by atoms with van der Waals surface area (Å²) in [5, 5.41) is 24.4. The van der Waals surface area contributed by atoms with Crippen LogP contribution in [0.4, 0.5) is 0 Å². The van der Waals surface area contributed by atoms with Crippen LogP contribution in [0.15, 0.2) is 65.7 Å². The summed E-state index contributed by atoms with van der Waals surface area (Å²) in [6, 6.07) is 15.8. The van der Waals surface area contributed by atoms with E-state index >= 15 is 0 Å². The highest BCUT2D eigenvalue weighted by Gasteiger charge is 2.75. The van der Waals surface area contributed by atoms with Gasteiger partial charge in [0.05, 0.1) is 31.3 Å². The summed E-state index contributed by atoms with van der Waals surface area (Å²) in [5.74, 6) is -1.11. The number of allylic oxidation sites excluding steroid dienone is 1. The Kier molecular flexibility index (Phi) is 8.37. The Morgan fingerprint density at radius 1 is 1.00 bits per heavy atom. The van der Waals surface area contributed by atoms with E-state index in [4.69, 9.17) is 23.7 Å². The van der Waals surface area contributed by atoms with Gasteiger partial charge in [-0.15, -0.1) is 0 Å². The topological polar surface area (TPSA) is 121 Å². The highest BCUT2D eigenvalue weighted by Crippen LogP contribution is 2.65. The number of hydrogen-bond acceptors (Lipinski definition) is 9. The number of ether oxygens (including phenoxy) is 5. The van der Waals surface area contributed by atoms with E-state index in [1.807, 2.05) is 19.9 Å². The van der Waals surface area contributed by atoms with Gasteiger partial charge < -0.3 is 33.9 Å². The SMILES string of the molecule is COc1ccc(C(O)O[C@H]2CC3OC[C@@]3(OC(C)=O)C3[C@H](OC(=O)c4ccccc4)[C@]4(O)CCC(C)=C(CCC32C)C4(C)C)cc1. The molecule has 2 N–H and O–H groups in total. The summed E-state index contributed by atoms with van der Waals surface area (Å²) in [7, 11) is 1.58. The van der Waals surface area contributed by atoms with Gasteiger partial charge in [-0.2, -0.15) is 0 Å². The van der Waals surface area contributed by atoms with Crippen LogP contribution in [0.5, 0.6) is 5.75 Å². The lowest BCUT2D eigenvalue weighted by molar-refractivity contribution is -0.362. The van der Waals surface area contributed by atoms with E-state index in [1.54, 1.807) is 55.6 Å². The first-order valence-corrected chi connectivity index (χ1v) is 16.2. The highest BCUT2D eigenvalue weighted by atomic mass is 16.6. The summed E-state index contributed by atoms with van der Waals surface area (Å²) < 4.78 is 30.7. The van der Waals surface area contributed by atoms with Crippen LogP contribution in [0.2, 0.25) is 0 Å². The van der Waals surface area contributed by atoms with E-state index in [0.717, 1.165) is 5.57 Å². The van der Waals surface area contributed by atoms with Crippen molar-refractivity contribution in [1.29, 1.82) is 0 Å². The van der Waals surface area contributed by atoms with Crippen LogP contribution in [-0.2, 0) is 23.7 Å². The predicted molar refractivity (Wildman–Crippen MR) is 169 cm³/mol. The molecule has 1 aliphatic heterocycles. The van der Waals surface area contributed by atoms with Gasteiger partial charge >= 0.3 is 11.9 Å². The smallest absolute Gasteiger partial charge is 0.338 e. The second-order valence-electron chi connectivity index (χ2n) is 14.3. The molecule has 1 heterocycles. The number of esters is 2. The van der Waals surface area contributed by atoms with Crippen LogP contribution in [0.25, 0.3) is 0 Å². The van der Waals surface area contributed by atoms with Gasteiger partial charge in [0.2, 0.25) is 0 Å². The lowest BCUT2D eigenvalue weighted by Gasteiger charge is -2.68. The van der Waals surface area contributed by atoms with Crippen LogP contribution >= 0.6 is 0 Å². The van der Waals surface area contributed by atoms with Crippen molar-refractivity contribution in [3.05, 3.63) is 76.9 Å². The Morgan fingerprint density at radius 3 is 2.30 bits per heavy atom. The molecule has 1 saturated heterocycles. The molecule has 46 heavy (non-hydrogen) atoms. The van der Waals surface area contributed by atoms with Crippen molar-refractivity contribution in [2.24, 2.45) is 16.7 Å². The minimum absolute atomic E-state index is 0.100. The lowest BCUT2D eigenvalue weighted by atomic mass is 9.45. The number of fused-ring (bicyclic) bond motifs is 5. The van der Waals surface area contributed by atoms with Crippen LogP contribution in [0, 0.1) is 16.7 Å². The molecular weight excluding hydrogens is 588 g/mol. The van der Waals surface area contributed by atoms with Gasteiger partial charge in [0.25, 0.3) is 0 Å². The van der Waals surface area contributed by atoms with E-state index in [1.165, 1.54) is 12.5 Å². The van der Waals surface area contributed by atoms with Crippen molar-refractivity contribution in [3.8, 4) is 5.75 Å². The molecule has 0 amide bonds. The standard InChI is InChI=1S/C37H46O9/c1-22-16-19-37(41)31(45-33(40)24-10-8-7-9-11-24)30-35(5,18-17-27(22)34(37,3)4)28(20-29-36(30,21-43-29)46-23(2)38)44-32(39)25-12-14-26(42-6)15-13-25/h7-15,28-32,39,41H,16-21H2,1-6H3/t28-,29?,30?,31-,32?,35?,36-,37+/m0/s1.